The van der Waals surface area contributed by atoms with E-state index in [9.17, 15) is 13.2 Å². The molecule has 0 radical (unpaired) electrons. The van der Waals surface area contributed by atoms with Gasteiger partial charge in [0.25, 0.3) is 15.9 Å². The maximum Gasteiger partial charge on any atom is 0.265 e. The predicted molar refractivity (Wildman–Crippen MR) is 135 cm³/mol. The summed E-state index contributed by atoms with van der Waals surface area (Å²) >= 11 is 6.18. The molecule has 7 nitrogen and oxygen atoms in total. The second-order valence-electron chi connectivity index (χ2n) is 7.71. The quantitative estimate of drug-likeness (QED) is 0.399. The summed E-state index contributed by atoms with van der Waals surface area (Å²) in [6, 6.07) is 16.1. The number of rotatable bonds is 9. The Kier molecular flexibility index (Phi) is 8.06. The SMILES string of the molecule is CCOc1ccc(NS(=O)(=O)c2ccc(NC(=O)C(C)Oc3cc(C)c(Cl)c(C)c3)cc2)cc1. The van der Waals surface area contributed by atoms with E-state index < -0.39 is 16.1 Å². The van der Waals surface area contributed by atoms with E-state index in [1.807, 2.05) is 20.8 Å². The zero-order valence-electron chi connectivity index (χ0n) is 19.4. The second kappa shape index (κ2) is 10.8. The Morgan fingerprint density at radius 2 is 1.50 bits per heavy atom. The summed E-state index contributed by atoms with van der Waals surface area (Å²) in [7, 11) is -3.79. The number of benzene rings is 3. The summed E-state index contributed by atoms with van der Waals surface area (Å²) in [5.41, 5.74) is 2.59. The van der Waals surface area contributed by atoms with Gasteiger partial charge in [-0.3, -0.25) is 9.52 Å². The molecule has 0 heterocycles. The van der Waals surface area contributed by atoms with Gasteiger partial charge in [-0.2, -0.15) is 0 Å². The van der Waals surface area contributed by atoms with Crippen molar-refractivity contribution in [3.05, 3.63) is 76.8 Å². The van der Waals surface area contributed by atoms with Crippen molar-refractivity contribution < 1.29 is 22.7 Å². The Hall–Kier alpha value is -3.23. The van der Waals surface area contributed by atoms with Crippen LogP contribution in [-0.2, 0) is 14.8 Å². The second-order valence-corrected chi connectivity index (χ2v) is 9.77. The molecule has 3 aromatic rings. The van der Waals surface area contributed by atoms with Crippen molar-refractivity contribution in [1.82, 2.24) is 0 Å². The van der Waals surface area contributed by atoms with Crippen molar-refractivity contribution in [3.8, 4) is 11.5 Å². The minimum atomic E-state index is -3.79. The molecule has 0 bridgehead atoms. The van der Waals surface area contributed by atoms with Gasteiger partial charge in [-0.15, -0.1) is 0 Å². The molecule has 0 fully saturated rings. The van der Waals surface area contributed by atoms with Gasteiger partial charge in [-0.05, 0) is 99.5 Å². The largest absolute Gasteiger partial charge is 0.494 e. The van der Waals surface area contributed by atoms with Gasteiger partial charge in [-0.1, -0.05) is 11.6 Å². The number of amides is 1. The highest BCUT2D eigenvalue weighted by molar-refractivity contribution is 7.92. The highest BCUT2D eigenvalue weighted by Gasteiger charge is 2.18. The van der Waals surface area contributed by atoms with Crippen LogP contribution in [0.5, 0.6) is 11.5 Å². The molecule has 0 aromatic heterocycles. The maximum atomic E-state index is 12.7. The molecule has 0 saturated carbocycles. The maximum absolute atomic E-state index is 12.7. The van der Waals surface area contributed by atoms with Crippen molar-refractivity contribution >= 4 is 38.9 Å². The van der Waals surface area contributed by atoms with Crippen molar-refractivity contribution in [2.24, 2.45) is 0 Å². The Morgan fingerprint density at radius 3 is 2.06 bits per heavy atom. The van der Waals surface area contributed by atoms with E-state index in [2.05, 4.69) is 10.0 Å². The van der Waals surface area contributed by atoms with Crippen LogP contribution in [0.1, 0.15) is 25.0 Å². The van der Waals surface area contributed by atoms with Crippen LogP contribution >= 0.6 is 11.6 Å². The van der Waals surface area contributed by atoms with E-state index in [0.29, 0.717) is 34.5 Å². The third kappa shape index (κ3) is 6.42. The predicted octanol–water partition coefficient (Wildman–Crippen LogP) is 5.56. The molecule has 0 spiro atoms. The fourth-order valence-electron chi connectivity index (χ4n) is 3.19. The highest BCUT2D eigenvalue weighted by atomic mass is 35.5. The van der Waals surface area contributed by atoms with Crippen LogP contribution < -0.4 is 19.5 Å². The Balaban J connectivity index is 1.62. The number of ether oxygens (including phenoxy) is 2. The first-order valence-electron chi connectivity index (χ1n) is 10.7. The van der Waals surface area contributed by atoms with E-state index in [0.717, 1.165) is 11.1 Å². The molecular weight excluding hydrogens is 476 g/mol. The first kappa shape index (κ1) is 25.4. The lowest BCUT2D eigenvalue weighted by Gasteiger charge is -2.16. The zero-order chi connectivity index (χ0) is 24.9. The van der Waals surface area contributed by atoms with Gasteiger partial charge >= 0.3 is 0 Å². The van der Waals surface area contributed by atoms with Crippen LogP contribution in [0, 0.1) is 13.8 Å². The molecule has 180 valence electrons. The lowest BCUT2D eigenvalue weighted by Crippen LogP contribution is -2.30. The molecule has 34 heavy (non-hydrogen) atoms. The molecule has 3 rings (SSSR count). The smallest absolute Gasteiger partial charge is 0.265 e. The number of anilines is 2. The molecule has 1 unspecified atom stereocenters. The number of nitrogens with one attached hydrogen (secondary N) is 2. The van der Waals surface area contributed by atoms with Crippen molar-refractivity contribution in [2.75, 3.05) is 16.6 Å². The van der Waals surface area contributed by atoms with Gasteiger partial charge in [0, 0.05) is 16.4 Å². The fraction of sp³-hybridized carbons (Fsp3) is 0.240. The van der Waals surface area contributed by atoms with Crippen molar-refractivity contribution in [1.29, 1.82) is 0 Å². The average Bonchev–Trinajstić information content (AvgIpc) is 2.79. The molecule has 0 saturated heterocycles. The minimum absolute atomic E-state index is 0.0656. The standard InChI is InChI=1S/C25H27ClN2O5S/c1-5-32-21-10-6-20(7-11-21)28-34(30,31)23-12-8-19(9-13-23)27-25(29)18(4)33-22-14-16(2)24(26)17(3)15-22/h6-15,18,28H,5H2,1-4H3,(H,27,29). The summed E-state index contributed by atoms with van der Waals surface area (Å²) < 4.78 is 39.0. The summed E-state index contributed by atoms with van der Waals surface area (Å²) in [6.07, 6.45) is -0.773. The average molecular weight is 503 g/mol. The van der Waals surface area contributed by atoms with E-state index in [-0.39, 0.29) is 10.8 Å². The molecule has 0 aliphatic carbocycles. The summed E-state index contributed by atoms with van der Waals surface area (Å²) in [5, 5.41) is 3.39. The molecular formula is C25H27ClN2O5S. The summed E-state index contributed by atoms with van der Waals surface area (Å²) in [6.45, 7) is 7.77. The highest BCUT2D eigenvalue weighted by Crippen LogP contribution is 2.27. The molecule has 2 N–H and O–H groups in total. The van der Waals surface area contributed by atoms with E-state index >= 15 is 0 Å². The molecule has 1 atom stereocenters. The van der Waals surface area contributed by atoms with Gasteiger partial charge in [0.1, 0.15) is 11.5 Å². The monoisotopic (exact) mass is 502 g/mol. The van der Waals surface area contributed by atoms with Crippen LogP contribution in [0.15, 0.2) is 65.6 Å². The summed E-state index contributed by atoms with van der Waals surface area (Å²) in [5.74, 6) is 0.835. The van der Waals surface area contributed by atoms with Crippen LogP contribution in [-0.4, -0.2) is 27.0 Å². The topological polar surface area (TPSA) is 93.7 Å². The lowest BCUT2D eigenvalue weighted by molar-refractivity contribution is -0.122. The number of hydrogen-bond acceptors (Lipinski definition) is 5. The number of carbonyl (C=O) groups excluding carboxylic acids is 1. The van der Waals surface area contributed by atoms with Crippen LogP contribution in [0.4, 0.5) is 11.4 Å². The van der Waals surface area contributed by atoms with E-state index in [4.69, 9.17) is 21.1 Å². The molecule has 0 aliphatic rings. The van der Waals surface area contributed by atoms with Gasteiger partial charge in [0.05, 0.1) is 11.5 Å². The first-order chi connectivity index (χ1) is 16.1. The van der Waals surface area contributed by atoms with Gasteiger partial charge in [0.15, 0.2) is 6.10 Å². The number of sulfonamides is 1. The van der Waals surface area contributed by atoms with Crippen molar-refractivity contribution in [2.45, 2.75) is 38.7 Å². The number of hydrogen-bond donors (Lipinski definition) is 2. The Morgan fingerprint density at radius 1 is 0.941 bits per heavy atom. The van der Waals surface area contributed by atoms with Gasteiger partial charge in [-0.25, -0.2) is 8.42 Å². The third-order valence-electron chi connectivity index (χ3n) is 4.94. The first-order valence-corrected chi connectivity index (χ1v) is 12.5. The summed E-state index contributed by atoms with van der Waals surface area (Å²) in [4.78, 5) is 12.6. The molecule has 3 aromatic carbocycles. The van der Waals surface area contributed by atoms with Crippen LogP contribution in [0.25, 0.3) is 0 Å². The minimum Gasteiger partial charge on any atom is -0.494 e. The molecule has 9 heteroatoms. The van der Waals surface area contributed by atoms with Crippen LogP contribution in [0.3, 0.4) is 0 Å². The Bertz CT molecular complexity index is 1240. The van der Waals surface area contributed by atoms with Crippen molar-refractivity contribution in [3.63, 3.8) is 0 Å². The Labute approximate surface area is 205 Å². The van der Waals surface area contributed by atoms with E-state index in [1.165, 1.54) is 24.3 Å². The van der Waals surface area contributed by atoms with Gasteiger partial charge in [0.2, 0.25) is 0 Å². The fourth-order valence-corrected chi connectivity index (χ4v) is 4.36. The lowest BCUT2D eigenvalue weighted by atomic mass is 10.1. The van der Waals surface area contributed by atoms with Crippen LogP contribution in [0.2, 0.25) is 5.02 Å². The molecule has 0 aliphatic heterocycles. The van der Waals surface area contributed by atoms with E-state index in [1.54, 1.807) is 43.3 Å². The van der Waals surface area contributed by atoms with Gasteiger partial charge < -0.3 is 14.8 Å². The zero-order valence-corrected chi connectivity index (χ0v) is 21.0. The number of aryl methyl sites for hydroxylation is 2. The number of halogens is 1. The third-order valence-corrected chi connectivity index (χ3v) is 6.94. The number of carbonyl (C=O) groups is 1. The normalized spacial score (nSPS) is 12.0. The molecule has 1 amide bonds.